The fourth-order valence-electron chi connectivity index (χ4n) is 2.39. The van der Waals surface area contributed by atoms with Crippen molar-refractivity contribution < 1.29 is 9.18 Å². The lowest BCUT2D eigenvalue weighted by molar-refractivity contribution is -0.118. The van der Waals surface area contributed by atoms with E-state index in [0.717, 1.165) is 17.5 Å². The molecule has 0 saturated heterocycles. The molecule has 1 aliphatic rings. The van der Waals surface area contributed by atoms with E-state index in [1.165, 1.54) is 43.5 Å². The number of carbonyl (C=O) groups excluding carboxylic acids is 1. The molecule has 0 aromatic heterocycles. The molecule has 0 aliphatic heterocycles. The quantitative estimate of drug-likeness (QED) is 0.735. The Bertz CT molecular complexity index is 450. The first kappa shape index (κ1) is 16.7. The summed E-state index contributed by atoms with van der Waals surface area (Å²) in [5.74, 6) is 1.77. The highest BCUT2D eigenvalue weighted by molar-refractivity contribution is 8.00. The van der Waals surface area contributed by atoms with Gasteiger partial charge in [0.05, 0.1) is 5.75 Å². The molecule has 0 radical (unpaired) electrons. The van der Waals surface area contributed by atoms with Gasteiger partial charge in [-0.15, -0.1) is 11.8 Å². The molecule has 5 heteroatoms. The van der Waals surface area contributed by atoms with Crippen molar-refractivity contribution in [3.8, 4) is 0 Å². The van der Waals surface area contributed by atoms with Gasteiger partial charge in [-0.1, -0.05) is 31.0 Å². The van der Waals surface area contributed by atoms with Gasteiger partial charge in [0.1, 0.15) is 5.82 Å². The second-order valence-corrected chi connectivity index (χ2v) is 7.61. The monoisotopic (exact) mass is 327 g/mol. The summed E-state index contributed by atoms with van der Waals surface area (Å²) in [6.07, 6.45) is 5.38. The van der Waals surface area contributed by atoms with E-state index in [1.54, 1.807) is 12.1 Å². The van der Waals surface area contributed by atoms with Gasteiger partial charge in [0, 0.05) is 23.3 Å². The van der Waals surface area contributed by atoms with E-state index in [4.69, 9.17) is 0 Å². The van der Waals surface area contributed by atoms with Crippen molar-refractivity contribution in [3.63, 3.8) is 0 Å². The predicted molar refractivity (Wildman–Crippen MR) is 90.3 cm³/mol. The van der Waals surface area contributed by atoms with Gasteiger partial charge in [-0.05, 0) is 24.5 Å². The van der Waals surface area contributed by atoms with E-state index in [-0.39, 0.29) is 11.7 Å². The van der Waals surface area contributed by atoms with E-state index >= 15 is 0 Å². The van der Waals surface area contributed by atoms with Crippen molar-refractivity contribution in [3.05, 3.63) is 35.6 Å². The third kappa shape index (κ3) is 6.30. The third-order valence-electron chi connectivity index (χ3n) is 3.53. The molecule has 0 unspecified atom stereocenters. The molecule has 1 amide bonds. The minimum Gasteiger partial charge on any atom is -0.355 e. The zero-order chi connectivity index (χ0) is 14.9. The summed E-state index contributed by atoms with van der Waals surface area (Å²) in [5.41, 5.74) is 0.659. The minimum atomic E-state index is -0.196. The molecule has 2 rings (SSSR count). The molecular weight excluding hydrogens is 305 g/mol. The van der Waals surface area contributed by atoms with Crippen molar-refractivity contribution in [2.45, 2.75) is 36.7 Å². The van der Waals surface area contributed by atoms with E-state index in [2.05, 4.69) is 5.32 Å². The first-order chi connectivity index (χ1) is 10.3. The molecule has 1 fully saturated rings. The molecule has 0 heterocycles. The van der Waals surface area contributed by atoms with Crippen LogP contribution in [0.2, 0.25) is 0 Å². The van der Waals surface area contributed by atoms with E-state index in [9.17, 15) is 9.18 Å². The molecule has 116 valence electrons. The van der Waals surface area contributed by atoms with E-state index in [1.807, 2.05) is 17.8 Å². The van der Waals surface area contributed by atoms with Gasteiger partial charge in [0.2, 0.25) is 5.91 Å². The van der Waals surface area contributed by atoms with Crippen LogP contribution in [-0.2, 0) is 10.5 Å². The summed E-state index contributed by atoms with van der Waals surface area (Å²) in [6.45, 7) is 0.736. The molecule has 0 spiro atoms. The number of nitrogens with one attached hydrogen (secondary N) is 1. The summed E-state index contributed by atoms with van der Waals surface area (Å²) in [6, 6.07) is 6.71. The topological polar surface area (TPSA) is 29.1 Å². The van der Waals surface area contributed by atoms with Crippen LogP contribution in [0.5, 0.6) is 0 Å². The van der Waals surface area contributed by atoms with Gasteiger partial charge in [0.25, 0.3) is 0 Å². The number of benzene rings is 1. The molecule has 0 atom stereocenters. The Morgan fingerprint density at radius 2 is 2.05 bits per heavy atom. The van der Waals surface area contributed by atoms with Crippen LogP contribution in [0.4, 0.5) is 4.39 Å². The predicted octanol–water partition coefficient (Wildman–Crippen LogP) is 3.85. The SMILES string of the molecule is O=C(CSCc1ccccc1F)NCCSC1CCCC1. The highest BCUT2D eigenvalue weighted by atomic mass is 32.2. The molecular formula is C16H22FNOS2. The van der Waals surface area contributed by atoms with Crippen LogP contribution in [0.25, 0.3) is 0 Å². The zero-order valence-corrected chi connectivity index (χ0v) is 13.8. The van der Waals surface area contributed by atoms with Gasteiger partial charge in [-0.25, -0.2) is 4.39 Å². The first-order valence-corrected chi connectivity index (χ1v) is 9.65. The Kier molecular flexibility index (Phi) is 7.44. The lowest BCUT2D eigenvalue weighted by Crippen LogP contribution is -2.27. The molecule has 1 aromatic carbocycles. The van der Waals surface area contributed by atoms with Crippen molar-refractivity contribution in [2.75, 3.05) is 18.1 Å². The smallest absolute Gasteiger partial charge is 0.230 e. The number of rotatable bonds is 8. The molecule has 1 saturated carbocycles. The maximum Gasteiger partial charge on any atom is 0.230 e. The molecule has 1 aromatic rings. The van der Waals surface area contributed by atoms with Crippen LogP contribution in [0.15, 0.2) is 24.3 Å². The number of hydrogen-bond acceptors (Lipinski definition) is 3. The van der Waals surface area contributed by atoms with E-state index in [0.29, 0.717) is 17.1 Å². The average molecular weight is 327 g/mol. The highest BCUT2D eigenvalue weighted by Gasteiger charge is 2.14. The lowest BCUT2D eigenvalue weighted by atomic mass is 10.2. The number of hydrogen-bond donors (Lipinski definition) is 1. The van der Waals surface area contributed by atoms with Gasteiger partial charge >= 0.3 is 0 Å². The van der Waals surface area contributed by atoms with Gasteiger partial charge in [-0.3, -0.25) is 4.79 Å². The Morgan fingerprint density at radius 3 is 2.81 bits per heavy atom. The summed E-state index contributed by atoms with van der Waals surface area (Å²) >= 11 is 3.43. The van der Waals surface area contributed by atoms with E-state index < -0.39 is 0 Å². The summed E-state index contributed by atoms with van der Waals surface area (Å²) in [4.78, 5) is 11.7. The standard InChI is InChI=1S/C16H22FNOS2/c17-15-8-4-1-5-13(15)11-20-12-16(19)18-9-10-21-14-6-2-3-7-14/h1,4-5,8,14H,2-3,6-7,9-12H2,(H,18,19). The number of carbonyl (C=O) groups is 1. The molecule has 2 nitrogen and oxygen atoms in total. The van der Waals surface area contributed by atoms with Gasteiger partial charge < -0.3 is 5.32 Å². The Balaban J connectivity index is 1.52. The summed E-state index contributed by atoms with van der Waals surface area (Å²) in [5, 5.41) is 3.74. The second kappa shape index (κ2) is 9.36. The Labute approximate surface area is 134 Å². The van der Waals surface area contributed by atoms with Crippen LogP contribution in [0, 0.1) is 5.82 Å². The molecule has 0 bridgehead atoms. The first-order valence-electron chi connectivity index (χ1n) is 7.45. The van der Waals surface area contributed by atoms with Gasteiger partial charge in [0.15, 0.2) is 0 Å². The van der Waals surface area contributed by atoms with Crippen molar-refractivity contribution in [1.82, 2.24) is 5.32 Å². The molecule has 1 aliphatic carbocycles. The molecule has 1 N–H and O–H groups in total. The maximum absolute atomic E-state index is 13.4. The Hall–Kier alpha value is -0.680. The normalized spacial score (nSPS) is 15.3. The largest absolute Gasteiger partial charge is 0.355 e. The third-order valence-corrected chi connectivity index (χ3v) is 5.89. The second-order valence-electron chi connectivity index (χ2n) is 5.21. The van der Waals surface area contributed by atoms with Crippen molar-refractivity contribution >= 4 is 29.4 Å². The van der Waals surface area contributed by atoms with Crippen LogP contribution in [0.3, 0.4) is 0 Å². The van der Waals surface area contributed by atoms with Crippen LogP contribution in [0.1, 0.15) is 31.2 Å². The fraction of sp³-hybridized carbons (Fsp3) is 0.562. The van der Waals surface area contributed by atoms with Gasteiger partial charge in [-0.2, -0.15) is 11.8 Å². The van der Waals surface area contributed by atoms with Crippen molar-refractivity contribution in [1.29, 1.82) is 0 Å². The maximum atomic E-state index is 13.4. The number of halogens is 1. The van der Waals surface area contributed by atoms with Crippen molar-refractivity contribution in [2.24, 2.45) is 0 Å². The number of thioether (sulfide) groups is 2. The van der Waals surface area contributed by atoms with Crippen LogP contribution >= 0.6 is 23.5 Å². The highest BCUT2D eigenvalue weighted by Crippen LogP contribution is 2.28. The Morgan fingerprint density at radius 1 is 1.29 bits per heavy atom. The lowest BCUT2D eigenvalue weighted by Gasteiger charge is -2.09. The van der Waals surface area contributed by atoms with Crippen LogP contribution in [-0.4, -0.2) is 29.2 Å². The fourth-order valence-corrected chi connectivity index (χ4v) is 4.45. The zero-order valence-electron chi connectivity index (χ0n) is 12.1. The number of amides is 1. The minimum absolute atomic E-state index is 0.0448. The average Bonchev–Trinajstić information content (AvgIpc) is 2.99. The summed E-state index contributed by atoms with van der Waals surface area (Å²) in [7, 11) is 0. The summed E-state index contributed by atoms with van der Waals surface area (Å²) < 4.78 is 13.4. The van der Waals surface area contributed by atoms with Crippen LogP contribution < -0.4 is 5.32 Å². The molecule has 21 heavy (non-hydrogen) atoms.